The summed E-state index contributed by atoms with van der Waals surface area (Å²) in [6.07, 6.45) is -1.16. The number of hydrogen-bond donors (Lipinski definition) is 0. The van der Waals surface area contributed by atoms with Crippen molar-refractivity contribution >= 4 is 35.2 Å². The molecule has 1 saturated heterocycles. The van der Waals surface area contributed by atoms with Crippen LogP contribution in [-0.4, -0.2) is 65.9 Å². The highest BCUT2D eigenvalue weighted by Gasteiger charge is 2.40. The van der Waals surface area contributed by atoms with E-state index in [9.17, 15) is 9.59 Å². The normalized spacial score (nSPS) is 21.9. The van der Waals surface area contributed by atoms with E-state index in [2.05, 4.69) is 0 Å². The summed E-state index contributed by atoms with van der Waals surface area (Å²) in [7, 11) is 0. The number of rotatable bonds is 5. The Morgan fingerprint density at radius 2 is 1.84 bits per heavy atom. The van der Waals surface area contributed by atoms with Crippen LogP contribution < -0.4 is 0 Å². The molecule has 4 rings (SSSR count). The Morgan fingerprint density at radius 1 is 1.11 bits per heavy atom. The van der Waals surface area contributed by atoms with E-state index in [1.165, 1.54) is 0 Å². The summed E-state index contributed by atoms with van der Waals surface area (Å²) in [5.74, 6) is -0.189. The predicted octanol–water partition coefficient (Wildman–Crippen LogP) is 5.66. The summed E-state index contributed by atoms with van der Waals surface area (Å²) in [5, 5.41) is 1.12. The molecule has 2 aliphatic heterocycles. The Hall–Kier alpha value is -2.32. The van der Waals surface area contributed by atoms with Crippen molar-refractivity contribution in [2.75, 3.05) is 26.2 Å². The lowest BCUT2D eigenvalue weighted by Crippen LogP contribution is -2.58. The standard InChI is InChI=1S/C28H34Cl2N2O5/c1-18-25-20(12-21(29)13-23(25)30)10-11-32(18)26(33)24-15-31(27(34)37-28(2,3)4)14-22(36-24)17-35-16-19-8-6-5-7-9-19/h5-9,12-13,18,22,24H,10-11,14-17H2,1-4H3/t18-,22-,24+/m0/s1. The molecule has 0 aliphatic carbocycles. The van der Waals surface area contributed by atoms with E-state index in [-0.39, 0.29) is 31.6 Å². The van der Waals surface area contributed by atoms with Crippen molar-refractivity contribution in [3.63, 3.8) is 0 Å². The number of carbonyl (C=O) groups excluding carboxylic acids is 2. The molecule has 2 heterocycles. The zero-order valence-corrected chi connectivity index (χ0v) is 23.2. The van der Waals surface area contributed by atoms with Crippen LogP contribution in [0.15, 0.2) is 42.5 Å². The van der Waals surface area contributed by atoms with Gasteiger partial charge in [0.1, 0.15) is 5.60 Å². The highest BCUT2D eigenvalue weighted by molar-refractivity contribution is 6.35. The first kappa shape index (κ1) is 27.7. The van der Waals surface area contributed by atoms with Crippen molar-refractivity contribution in [1.29, 1.82) is 0 Å². The minimum absolute atomic E-state index is 0.105. The first-order chi connectivity index (χ1) is 17.5. The maximum absolute atomic E-state index is 13.8. The van der Waals surface area contributed by atoms with Crippen molar-refractivity contribution < 1.29 is 23.8 Å². The van der Waals surface area contributed by atoms with Gasteiger partial charge in [-0.1, -0.05) is 53.5 Å². The first-order valence-electron chi connectivity index (χ1n) is 12.5. The minimum atomic E-state index is -0.846. The van der Waals surface area contributed by atoms with Crippen LogP contribution in [0, 0.1) is 0 Å². The van der Waals surface area contributed by atoms with Gasteiger partial charge in [0.25, 0.3) is 5.91 Å². The lowest BCUT2D eigenvalue weighted by Gasteiger charge is -2.42. The van der Waals surface area contributed by atoms with Gasteiger partial charge in [-0.2, -0.15) is 0 Å². The van der Waals surface area contributed by atoms with E-state index in [1.807, 2.05) is 64.1 Å². The Balaban J connectivity index is 1.49. The van der Waals surface area contributed by atoms with Gasteiger partial charge in [0, 0.05) is 16.6 Å². The number of nitrogens with zero attached hydrogens (tertiary/aromatic N) is 2. The van der Waals surface area contributed by atoms with Crippen LogP contribution in [0.2, 0.25) is 10.0 Å². The topological polar surface area (TPSA) is 68.3 Å². The highest BCUT2D eigenvalue weighted by Crippen LogP contribution is 2.37. The molecule has 0 spiro atoms. The van der Waals surface area contributed by atoms with Gasteiger partial charge in [0.15, 0.2) is 6.10 Å². The van der Waals surface area contributed by atoms with Crippen LogP contribution in [0.5, 0.6) is 0 Å². The fourth-order valence-electron chi connectivity index (χ4n) is 4.81. The highest BCUT2D eigenvalue weighted by atomic mass is 35.5. The number of halogens is 2. The fraction of sp³-hybridized carbons (Fsp3) is 0.500. The SMILES string of the molecule is C[C@H]1c2c(Cl)cc(Cl)cc2CCN1C(=O)[C@H]1CN(C(=O)OC(C)(C)C)C[C@@H](COCc2ccccc2)O1. The summed E-state index contributed by atoms with van der Waals surface area (Å²) >= 11 is 12.7. The number of morpholine rings is 1. The number of fused-ring (bicyclic) bond motifs is 1. The number of benzene rings is 2. The Morgan fingerprint density at radius 3 is 2.54 bits per heavy atom. The maximum Gasteiger partial charge on any atom is 0.410 e. The second-order valence-corrected chi connectivity index (χ2v) is 11.4. The van der Waals surface area contributed by atoms with Crippen LogP contribution >= 0.6 is 23.2 Å². The average molecular weight is 549 g/mol. The van der Waals surface area contributed by atoms with Crippen LogP contribution in [0.1, 0.15) is 50.4 Å². The average Bonchev–Trinajstić information content (AvgIpc) is 2.83. The molecule has 0 N–H and O–H groups in total. The molecule has 0 bridgehead atoms. The Kier molecular flexibility index (Phi) is 8.69. The van der Waals surface area contributed by atoms with Gasteiger partial charge in [-0.3, -0.25) is 4.79 Å². The number of hydrogen-bond acceptors (Lipinski definition) is 5. The van der Waals surface area contributed by atoms with E-state index in [0.717, 1.165) is 16.7 Å². The third-order valence-electron chi connectivity index (χ3n) is 6.48. The van der Waals surface area contributed by atoms with Crippen LogP contribution in [0.25, 0.3) is 0 Å². The van der Waals surface area contributed by atoms with Crippen molar-refractivity contribution in [2.24, 2.45) is 0 Å². The molecule has 2 aromatic rings. The Bertz CT molecular complexity index is 1120. The van der Waals surface area contributed by atoms with Gasteiger partial charge in [0.05, 0.1) is 38.4 Å². The zero-order valence-electron chi connectivity index (χ0n) is 21.7. The summed E-state index contributed by atoms with van der Waals surface area (Å²) in [6.45, 7) is 8.93. The minimum Gasteiger partial charge on any atom is -0.444 e. The second kappa shape index (κ2) is 11.6. The van der Waals surface area contributed by atoms with Crippen molar-refractivity contribution in [3.05, 3.63) is 69.2 Å². The molecule has 9 heteroatoms. The second-order valence-electron chi connectivity index (χ2n) is 10.6. The molecule has 7 nitrogen and oxygen atoms in total. The van der Waals surface area contributed by atoms with Crippen molar-refractivity contribution in [2.45, 2.75) is 64.6 Å². The van der Waals surface area contributed by atoms with Crippen LogP contribution in [-0.2, 0) is 32.0 Å². The largest absolute Gasteiger partial charge is 0.444 e. The van der Waals surface area contributed by atoms with Crippen molar-refractivity contribution in [1.82, 2.24) is 9.80 Å². The van der Waals surface area contributed by atoms with Crippen LogP contribution in [0.4, 0.5) is 4.79 Å². The van der Waals surface area contributed by atoms with E-state index < -0.39 is 23.9 Å². The molecule has 200 valence electrons. The maximum atomic E-state index is 13.8. The van der Waals surface area contributed by atoms with Gasteiger partial charge in [-0.05, 0) is 62.9 Å². The lowest BCUT2D eigenvalue weighted by molar-refractivity contribution is -0.164. The number of carbonyl (C=O) groups is 2. The molecule has 0 radical (unpaired) electrons. The van der Waals surface area contributed by atoms with Gasteiger partial charge >= 0.3 is 6.09 Å². The summed E-state index contributed by atoms with van der Waals surface area (Å²) in [4.78, 5) is 30.0. The third kappa shape index (κ3) is 6.96. The molecule has 3 atom stereocenters. The molecular formula is C28H34Cl2N2O5. The van der Waals surface area contributed by atoms with Gasteiger partial charge < -0.3 is 24.0 Å². The van der Waals surface area contributed by atoms with E-state index in [0.29, 0.717) is 29.6 Å². The quantitative estimate of drug-likeness (QED) is 0.482. The molecule has 0 saturated carbocycles. The lowest BCUT2D eigenvalue weighted by atomic mass is 9.93. The van der Waals surface area contributed by atoms with E-state index >= 15 is 0 Å². The summed E-state index contributed by atoms with van der Waals surface area (Å²) in [5.41, 5.74) is 2.32. The number of ether oxygens (including phenoxy) is 3. The summed E-state index contributed by atoms with van der Waals surface area (Å²) < 4.78 is 17.7. The molecule has 37 heavy (non-hydrogen) atoms. The smallest absolute Gasteiger partial charge is 0.410 e. The molecule has 0 unspecified atom stereocenters. The molecule has 0 aromatic heterocycles. The molecule has 2 aliphatic rings. The van der Waals surface area contributed by atoms with Gasteiger partial charge in [0.2, 0.25) is 0 Å². The molecular weight excluding hydrogens is 515 g/mol. The fourth-order valence-corrected chi connectivity index (χ4v) is 5.51. The molecule has 1 fully saturated rings. The third-order valence-corrected chi connectivity index (χ3v) is 7.01. The van der Waals surface area contributed by atoms with Gasteiger partial charge in [-0.25, -0.2) is 4.79 Å². The van der Waals surface area contributed by atoms with Crippen molar-refractivity contribution in [3.8, 4) is 0 Å². The zero-order chi connectivity index (χ0) is 26.7. The summed E-state index contributed by atoms with van der Waals surface area (Å²) in [6, 6.07) is 13.2. The number of amides is 2. The van der Waals surface area contributed by atoms with Gasteiger partial charge in [-0.15, -0.1) is 0 Å². The Labute approximate surface area is 228 Å². The first-order valence-corrected chi connectivity index (χ1v) is 13.3. The predicted molar refractivity (Wildman–Crippen MR) is 143 cm³/mol. The van der Waals surface area contributed by atoms with E-state index in [4.69, 9.17) is 37.4 Å². The van der Waals surface area contributed by atoms with Crippen LogP contribution in [0.3, 0.4) is 0 Å². The molecule has 2 amide bonds. The molecule has 2 aromatic carbocycles. The monoisotopic (exact) mass is 548 g/mol. The van der Waals surface area contributed by atoms with E-state index in [1.54, 1.807) is 15.9 Å².